The van der Waals surface area contributed by atoms with E-state index < -0.39 is 31.7 Å². The summed E-state index contributed by atoms with van der Waals surface area (Å²) >= 11 is 0. The van der Waals surface area contributed by atoms with E-state index >= 15 is 0 Å². The van der Waals surface area contributed by atoms with E-state index in [9.17, 15) is 16.8 Å². The van der Waals surface area contributed by atoms with Gasteiger partial charge in [-0.2, -0.15) is 16.8 Å². The summed E-state index contributed by atoms with van der Waals surface area (Å²) in [5.74, 6) is -1.96. The molecule has 0 atom stereocenters. The molecule has 0 fully saturated rings. The van der Waals surface area contributed by atoms with Crippen LogP contribution in [0.2, 0.25) is 0 Å². The van der Waals surface area contributed by atoms with Crippen molar-refractivity contribution in [3.63, 3.8) is 0 Å². The van der Waals surface area contributed by atoms with Crippen LogP contribution in [0.25, 0.3) is 10.9 Å². The fourth-order valence-corrected chi connectivity index (χ4v) is 4.31. The lowest BCUT2D eigenvalue weighted by Crippen LogP contribution is -2.15. The molecule has 0 bridgehead atoms. The highest BCUT2D eigenvalue weighted by molar-refractivity contribution is 7.89. The average Bonchev–Trinajstić information content (AvgIpc) is 2.53. The Labute approximate surface area is 146 Å². The maximum Gasteiger partial charge on any atom is 0.265 e. The van der Waals surface area contributed by atoms with E-state index in [-0.39, 0.29) is 0 Å². The number of aryl methyl sites for hydroxylation is 1. The summed E-state index contributed by atoms with van der Waals surface area (Å²) in [6.07, 6.45) is 4.68. The minimum atomic E-state index is -4.30. The fraction of sp³-hybridized carbons (Fsp3) is 0.400. The molecule has 1 aromatic heterocycles. The molecule has 1 aliphatic rings. The lowest BCUT2D eigenvalue weighted by molar-refractivity contribution is 0.472. The number of para-hydroxylation sites is 1. The topological polar surface area (TPSA) is 148 Å². The molecule has 8 nitrogen and oxygen atoms in total. The molecule has 138 valence electrons. The summed E-state index contributed by atoms with van der Waals surface area (Å²) in [7, 11) is -8.59. The zero-order chi connectivity index (χ0) is 18.7. The van der Waals surface area contributed by atoms with Gasteiger partial charge >= 0.3 is 0 Å². The van der Waals surface area contributed by atoms with Gasteiger partial charge in [-0.15, -0.1) is 0 Å². The molecule has 0 aliphatic heterocycles. The quantitative estimate of drug-likeness (QED) is 0.669. The number of rotatable bonds is 3. The maximum absolute atomic E-state index is 9.86. The Balaban J connectivity index is 0.000000199. The third-order valence-corrected chi connectivity index (χ3v) is 5.51. The third-order valence-electron chi connectivity index (χ3n) is 3.81. The molecule has 1 heterocycles. The number of nitrogens with zero attached hydrogens (tertiary/aromatic N) is 1. The van der Waals surface area contributed by atoms with Crippen LogP contribution in [0, 0.1) is 0 Å². The van der Waals surface area contributed by atoms with Gasteiger partial charge in [0.2, 0.25) is 0 Å². The van der Waals surface area contributed by atoms with Crippen LogP contribution >= 0.6 is 0 Å². The molecular weight excluding hydrogens is 368 g/mol. The summed E-state index contributed by atoms with van der Waals surface area (Å²) < 4.78 is 55.4. The molecule has 2 aromatic rings. The standard InChI is InChI=1S/C13H14N2.C2H6O6S2/c14-13-9-5-1-3-7-11(9)15-12-8-4-2-6-10(12)13;3-9(4,5)1-2-10(6,7)8/h1,3,5,7H,2,4,6,8H2,(H2,14,15);1-2H2,(H,3,4,5)(H,6,7,8). The second-order valence-corrected chi connectivity index (χ2v) is 8.89. The van der Waals surface area contributed by atoms with Crippen molar-refractivity contribution in [2.75, 3.05) is 17.2 Å². The van der Waals surface area contributed by atoms with E-state index in [2.05, 4.69) is 6.07 Å². The van der Waals surface area contributed by atoms with Gasteiger partial charge in [-0.25, -0.2) is 0 Å². The molecule has 1 aromatic carbocycles. The van der Waals surface area contributed by atoms with Crippen molar-refractivity contribution in [3.8, 4) is 0 Å². The van der Waals surface area contributed by atoms with Gasteiger partial charge in [0.05, 0.1) is 17.0 Å². The number of hydrogen-bond donors (Lipinski definition) is 3. The first-order valence-electron chi connectivity index (χ1n) is 7.63. The van der Waals surface area contributed by atoms with Gasteiger partial charge in [-0.05, 0) is 37.3 Å². The minimum Gasteiger partial charge on any atom is -0.398 e. The minimum absolute atomic E-state index is 0.954. The Bertz CT molecular complexity index is 939. The van der Waals surface area contributed by atoms with Crippen LogP contribution in [-0.4, -0.2) is 42.4 Å². The molecule has 0 spiro atoms. The van der Waals surface area contributed by atoms with Crippen molar-refractivity contribution in [1.29, 1.82) is 0 Å². The van der Waals surface area contributed by atoms with Crippen LogP contribution in [0.1, 0.15) is 24.1 Å². The van der Waals surface area contributed by atoms with Gasteiger partial charge in [0.15, 0.2) is 0 Å². The number of pyridine rings is 1. The number of anilines is 1. The molecule has 25 heavy (non-hydrogen) atoms. The predicted octanol–water partition coefficient (Wildman–Crippen LogP) is 1.46. The molecule has 0 unspecified atom stereocenters. The second-order valence-electron chi connectivity index (χ2n) is 5.75. The first kappa shape index (κ1) is 19.6. The number of aromatic nitrogens is 1. The third kappa shape index (κ3) is 5.92. The molecule has 1 aliphatic carbocycles. The summed E-state index contributed by atoms with van der Waals surface area (Å²) in [6, 6.07) is 8.15. The highest BCUT2D eigenvalue weighted by Crippen LogP contribution is 2.30. The maximum atomic E-state index is 9.86. The van der Waals surface area contributed by atoms with Crippen LogP contribution in [0.3, 0.4) is 0 Å². The Hall–Kier alpha value is -1.75. The van der Waals surface area contributed by atoms with Crippen molar-refractivity contribution < 1.29 is 25.9 Å². The van der Waals surface area contributed by atoms with Gasteiger partial charge in [-0.1, -0.05) is 18.2 Å². The molecule has 4 N–H and O–H groups in total. The zero-order valence-electron chi connectivity index (χ0n) is 13.4. The number of hydrogen-bond acceptors (Lipinski definition) is 6. The Morgan fingerprint density at radius 3 is 2.12 bits per heavy atom. The monoisotopic (exact) mass is 388 g/mol. The first-order valence-corrected chi connectivity index (χ1v) is 10.8. The molecule has 0 amide bonds. The van der Waals surface area contributed by atoms with Gasteiger partial charge in [-0.3, -0.25) is 14.1 Å². The van der Waals surface area contributed by atoms with E-state index in [4.69, 9.17) is 19.8 Å². The van der Waals surface area contributed by atoms with Crippen molar-refractivity contribution in [1.82, 2.24) is 4.98 Å². The lowest BCUT2D eigenvalue weighted by Gasteiger charge is -2.18. The predicted molar refractivity (Wildman–Crippen MR) is 95.6 cm³/mol. The highest BCUT2D eigenvalue weighted by Gasteiger charge is 2.15. The fourth-order valence-electron chi connectivity index (χ4n) is 2.62. The van der Waals surface area contributed by atoms with Gasteiger partial charge in [0.1, 0.15) is 0 Å². The van der Waals surface area contributed by atoms with Crippen LogP contribution in [0.4, 0.5) is 5.69 Å². The number of nitrogens with two attached hydrogens (primary N) is 1. The van der Waals surface area contributed by atoms with Gasteiger partial charge < -0.3 is 5.73 Å². The number of nitrogen functional groups attached to an aromatic ring is 1. The van der Waals surface area contributed by atoms with Crippen molar-refractivity contribution in [2.24, 2.45) is 0 Å². The van der Waals surface area contributed by atoms with E-state index in [0.29, 0.717) is 0 Å². The summed E-state index contributed by atoms with van der Waals surface area (Å²) in [4.78, 5) is 4.70. The molecular formula is C15H20N2O6S2. The smallest absolute Gasteiger partial charge is 0.265 e. The van der Waals surface area contributed by atoms with Crippen LogP contribution in [-0.2, 0) is 33.1 Å². The summed E-state index contributed by atoms with van der Waals surface area (Å²) in [6.45, 7) is 0. The largest absolute Gasteiger partial charge is 0.398 e. The lowest BCUT2D eigenvalue weighted by atomic mass is 9.93. The van der Waals surface area contributed by atoms with Gasteiger partial charge in [0, 0.05) is 16.8 Å². The summed E-state index contributed by atoms with van der Waals surface area (Å²) in [5, 5.41) is 1.11. The SMILES string of the molecule is Nc1c2c(nc3ccccc13)CCCC2.O=S(=O)(O)CCS(=O)(=O)O. The highest BCUT2D eigenvalue weighted by atomic mass is 32.2. The van der Waals surface area contributed by atoms with Crippen molar-refractivity contribution in [3.05, 3.63) is 35.5 Å². The average molecular weight is 388 g/mol. The van der Waals surface area contributed by atoms with Crippen LogP contribution in [0.5, 0.6) is 0 Å². The van der Waals surface area contributed by atoms with Crippen molar-refractivity contribution >= 4 is 36.8 Å². The van der Waals surface area contributed by atoms with Crippen LogP contribution in [0.15, 0.2) is 24.3 Å². The van der Waals surface area contributed by atoms with E-state index in [1.165, 1.54) is 24.1 Å². The van der Waals surface area contributed by atoms with Crippen molar-refractivity contribution in [2.45, 2.75) is 25.7 Å². The number of fused-ring (bicyclic) bond motifs is 2. The molecule has 0 saturated heterocycles. The van der Waals surface area contributed by atoms with E-state index in [0.717, 1.165) is 29.4 Å². The Morgan fingerprint density at radius 1 is 0.960 bits per heavy atom. The normalized spacial score (nSPS) is 14.5. The van der Waals surface area contributed by atoms with Crippen LogP contribution < -0.4 is 5.73 Å². The molecule has 0 radical (unpaired) electrons. The van der Waals surface area contributed by atoms with E-state index in [1.807, 2.05) is 18.2 Å². The van der Waals surface area contributed by atoms with E-state index in [1.54, 1.807) is 0 Å². The second kappa shape index (κ2) is 7.65. The Morgan fingerprint density at radius 2 is 1.52 bits per heavy atom. The molecule has 3 rings (SSSR count). The van der Waals surface area contributed by atoms with Gasteiger partial charge in [0.25, 0.3) is 20.2 Å². The first-order chi connectivity index (χ1) is 11.6. The summed E-state index contributed by atoms with van der Waals surface area (Å²) in [5.41, 5.74) is 10.7. The Kier molecular flexibility index (Phi) is 5.99. The molecule has 10 heteroatoms. The zero-order valence-corrected chi connectivity index (χ0v) is 15.1. The molecule has 0 saturated carbocycles. The number of benzene rings is 1.